The van der Waals surface area contributed by atoms with Gasteiger partial charge in [0.05, 0.1) is 13.2 Å². The first-order chi connectivity index (χ1) is 10.2. The highest BCUT2D eigenvalue weighted by atomic mass is 16.5. The number of ether oxygens (including phenoxy) is 2. The molecule has 1 saturated heterocycles. The molecule has 118 valence electrons. The van der Waals surface area contributed by atoms with Crippen LogP contribution in [0.1, 0.15) is 31.9 Å². The Morgan fingerprint density at radius 1 is 1.33 bits per heavy atom. The molecule has 0 saturated carbocycles. The summed E-state index contributed by atoms with van der Waals surface area (Å²) in [5.41, 5.74) is 1.30. The molecule has 0 aromatic heterocycles. The molecule has 1 aliphatic rings. The van der Waals surface area contributed by atoms with Gasteiger partial charge in [-0.3, -0.25) is 4.90 Å². The Kier molecular flexibility index (Phi) is 6.03. The molecule has 3 atom stereocenters. The zero-order valence-corrected chi connectivity index (χ0v) is 13.6. The second-order valence-corrected chi connectivity index (χ2v) is 5.81. The summed E-state index contributed by atoms with van der Waals surface area (Å²) in [6.07, 6.45) is 1.41. The second-order valence-electron chi connectivity index (χ2n) is 5.81. The minimum atomic E-state index is 0.307. The van der Waals surface area contributed by atoms with E-state index in [9.17, 15) is 0 Å². The Hall–Kier alpha value is -1.10. The van der Waals surface area contributed by atoms with Crippen LogP contribution in [0.4, 0.5) is 0 Å². The lowest BCUT2D eigenvalue weighted by Crippen LogP contribution is -2.44. The Labute approximate surface area is 128 Å². The predicted octanol–water partition coefficient (Wildman–Crippen LogP) is 2.46. The van der Waals surface area contributed by atoms with E-state index in [0.29, 0.717) is 18.2 Å². The van der Waals surface area contributed by atoms with Crippen LogP contribution in [0.25, 0.3) is 0 Å². The van der Waals surface area contributed by atoms with E-state index in [1.165, 1.54) is 5.56 Å². The van der Waals surface area contributed by atoms with Crippen molar-refractivity contribution in [3.8, 4) is 5.75 Å². The van der Waals surface area contributed by atoms with E-state index in [1.807, 2.05) is 19.2 Å². The van der Waals surface area contributed by atoms with Gasteiger partial charge in [-0.2, -0.15) is 0 Å². The summed E-state index contributed by atoms with van der Waals surface area (Å²) in [6.45, 7) is 7.42. The average Bonchev–Trinajstić information content (AvgIpc) is 2.73. The van der Waals surface area contributed by atoms with Gasteiger partial charge in [-0.15, -0.1) is 0 Å². The van der Waals surface area contributed by atoms with Gasteiger partial charge in [0.15, 0.2) is 0 Å². The molecule has 1 heterocycles. The molecule has 1 fully saturated rings. The zero-order valence-electron chi connectivity index (χ0n) is 13.6. The number of benzene rings is 1. The fourth-order valence-electron chi connectivity index (χ4n) is 3.10. The molecule has 0 aliphatic carbocycles. The van der Waals surface area contributed by atoms with Crippen molar-refractivity contribution >= 4 is 0 Å². The molecule has 0 bridgehead atoms. The molecule has 3 unspecified atom stereocenters. The maximum atomic E-state index is 5.75. The number of methoxy groups -OCH3 is 1. The predicted molar refractivity (Wildman–Crippen MR) is 85.9 cm³/mol. The van der Waals surface area contributed by atoms with Gasteiger partial charge < -0.3 is 14.8 Å². The fourth-order valence-corrected chi connectivity index (χ4v) is 3.10. The number of nitrogens with one attached hydrogen (secondary N) is 1. The molecular weight excluding hydrogens is 264 g/mol. The first-order valence-corrected chi connectivity index (χ1v) is 7.82. The van der Waals surface area contributed by atoms with Crippen LogP contribution >= 0.6 is 0 Å². The molecule has 2 rings (SSSR count). The van der Waals surface area contributed by atoms with Crippen molar-refractivity contribution in [2.45, 2.75) is 38.5 Å². The molecule has 4 nitrogen and oxygen atoms in total. The van der Waals surface area contributed by atoms with E-state index in [4.69, 9.17) is 9.47 Å². The van der Waals surface area contributed by atoms with Crippen molar-refractivity contribution in [2.75, 3.05) is 33.9 Å². The van der Waals surface area contributed by atoms with Crippen molar-refractivity contribution in [1.29, 1.82) is 0 Å². The molecule has 1 aliphatic heterocycles. The highest BCUT2D eigenvalue weighted by Crippen LogP contribution is 2.24. The normalized spacial score (nSPS) is 23.3. The first kappa shape index (κ1) is 16.3. The van der Waals surface area contributed by atoms with Crippen LogP contribution < -0.4 is 10.1 Å². The summed E-state index contributed by atoms with van der Waals surface area (Å²) in [5, 5.41) is 3.46. The van der Waals surface area contributed by atoms with Crippen molar-refractivity contribution < 1.29 is 9.47 Å². The lowest BCUT2D eigenvalue weighted by Gasteiger charge is -2.35. The fraction of sp³-hybridized carbons (Fsp3) is 0.647. The van der Waals surface area contributed by atoms with Gasteiger partial charge in [-0.25, -0.2) is 0 Å². The van der Waals surface area contributed by atoms with E-state index in [-0.39, 0.29) is 0 Å². The third-order valence-electron chi connectivity index (χ3n) is 4.33. The molecule has 0 spiro atoms. The maximum Gasteiger partial charge on any atom is 0.118 e. The van der Waals surface area contributed by atoms with Gasteiger partial charge in [-0.1, -0.05) is 12.1 Å². The third-order valence-corrected chi connectivity index (χ3v) is 4.33. The van der Waals surface area contributed by atoms with Crippen LogP contribution in [0, 0.1) is 0 Å². The topological polar surface area (TPSA) is 33.7 Å². The standard InChI is InChI=1S/C17H28N2O2/c1-13-12-19(10-5-11-21-13)14(2)17(18-3)15-6-8-16(20-4)9-7-15/h6-9,13-14,17-18H,5,10-12H2,1-4H3. The molecular formula is C17H28N2O2. The SMILES string of the molecule is CNC(c1ccc(OC)cc1)C(C)N1CCCOC(C)C1. The van der Waals surface area contributed by atoms with Gasteiger partial charge in [0, 0.05) is 31.8 Å². The molecule has 1 aromatic rings. The summed E-state index contributed by atoms with van der Waals surface area (Å²) in [4.78, 5) is 2.53. The number of hydrogen-bond donors (Lipinski definition) is 1. The quantitative estimate of drug-likeness (QED) is 0.904. The highest BCUT2D eigenvalue weighted by molar-refractivity contribution is 5.29. The van der Waals surface area contributed by atoms with Crippen molar-refractivity contribution in [3.05, 3.63) is 29.8 Å². The molecule has 4 heteroatoms. The monoisotopic (exact) mass is 292 g/mol. The van der Waals surface area contributed by atoms with Crippen molar-refractivity contribution in [3.63, 3.8) is 0 Å². The van der Waals surface area contributed by atoms with Crippen molar-refractivity contribution in [2.24, 2.45) is 0 Å². The van der Waals surface area contributed by atoms with Crippen LogP contribution in [0.5, 0.6) is 5.75 Å². The third kappa shape index (κ3) is 4.19. The Bertz CT molecular complexity index is 421. The number of nitrogens with zero attached hydrogens (tertiary/aromatic N) is 1. The molecule has 0 radical (unpaired) electrons. The zero-order chi connectivity index (χ0) is 15.2. The first-order valence-electron chi connectivity index (χ1n) is 7.82. The minimum Gasteiger partial charge on any atom is -0.497 e. The molecule has 1 aromatic carbocycles. The van der Waals surface area contributed by atoms with Crippen molar-refractivity contribution in [1.82, 2.24) is 10.2 Å². The van der Waals surface area contributed by atoms with E-state index in [0.717, 1.165) is 31.9 Å². The van der Waals surface area contributed by atoms with Gasteiger partial charge in [-0.05, 0) is 45.0 Å². The maximum absolute atomic E-state index is 5.75. The summed E-state index contributed by atoms with van der Waals surface area (Å²) >= 11 is 0. The van der Waals surface area contributed by atoms with Gasteiger partial charge in [0.2, 0.25) is 0 Å². The van der Waals surface area contributed by atoms with Gasteiger partial charge in [0.25, 0.3) is 0 Å². The number of hydrogen-bond acceptors (Lipinski definition) is 4. The lowest BCUT2D eigenvalue weighted by molar-refractivity contribution is 0.0585. The van der Waals surface area contributed by atoms with Crippen LogP contribution in [-0.4, -0.2) is 50.9 Å². The van der Waals surface area contributed by atoms with Crippen LogP contribution in [-0.2, 0) is 4.74 Å². The Morgan fingerprint density at radius 3 is 2.67 bits per heavy atom. The smallest absolute Gasteiger partial charge is 0.118 e. The van der Waals surface area contributed by atoms with Gasteiger partial charge in [0.1, 0.15) is 5.75 Å². The largest absolute Gasteiger partial charge is 0.497 e. The molecule has 0 amide bonds. The second kappa shape index (κ2) is 7.78. The highest BCUT2D eigenvalue weighted by Gasteiger charge is 2.26. The molecule has 21 heavy (non-hydrogen) atoms. The van der Waals surface area contributed by atoms with Crippen LogP contribution in [0.2, 0.25) is 0 Å². The van der Waals surface area contributed by atoms with E-state index in [2.05, 4.69) is 36.2 Å². The minimum absolute atomic E-state index is 0.307. The Morgan fingerprint density at radius 2 is 2.05 bits per heavy atom. The number of rotatable bonds is 5. The van der Waals surface area contributed by atoms with Gasteiger partial charge >= 0.3 is 0 Å². The summed E-state index contributed by atoms with van der Waals surface area (Å²) in [7, 11) is 3.73. The summed E-state index contributed by atoms with van der Waals surface area (Å²) in [6, 6.07) is 9.08. The van der Waals surface area contributed by atoms with E-state index in [1.54, 1.807) is 7.11 Å². The molecule has 1 N–H and O–H groups in total. The van der Waals surface area contributed by atoms with E-state index >= 15 is 0 Å². The summed E-state index contributed by atoms with van der Waals surface area (Å²) < 4.78 is 11.0. The Balaban J connectivity index is 2.10. The van der Waals surface area contributed by atoms with Crippen LogP contribution in [0.15, 0.2) is 24.3 Å². The number of likely N-dealkylation sites (N-methyl/N-ethyl adjacent to an activating group) is 1. The summed E-state index contributed by atoms with van der Waals surface area (Å²) in [5.74, 6) is 0.901. The van der Waals surface area contributed by atoms with Crippen LogP contribution in [0.3, 0.4) is 0 Å². The lowest BCUT2D eigenvalue weighted by atomic mass is 9.98. The van der Waals surface area contributed by atoms with E-state index < -0.39 is 0 Å². The average molecular weight is 292 g/mol.